The van der Waals surface area contributed by atoms with Gasteiger partial charge in [0, 0.05) is 23.7 Å². The van der Waals surface area contributed by atoms with Crippen LogP contribution >= 0.6 is 0 Å². The van der Waals surface area contributed by atoms with Gasteiger partial charge in [0.15, 0.2) is 11.6 Å². The first-order chi connectivity index (χ1) is 11.7. The fourth-order valence-electron chi connectivity index (χ4n) is 3.29. The molecule has 0 aliphatic carbocycles. The van der Waals surface area contributed by atoms with E-state index in [1.807, 2.05) is 24.3 Å². The van der Waals surface area contributed by atoms with E-state index in [4.69, 9.17) is 4.74 Å². The Hall–Kier alpha value is -1.98. The van der Waals surface area contributed by atoms with E-state index in [1.165, 1.54) is 0 Å². The molecule has 0 spiro atoms. The zero-order valence-electron chi connectivity index (χ0n) is 13.7. The van der Waals surface area contributed by atoms with Crippen molar-refractivity contribution >= 4 is 0 Å². The lowest BCUT2D eigenvalue weighted by atomic mass is 9.91. The Labute approximate surface area is 141 Å². The fraction of sp³-hybridized carbons (Fsp3) is 0.368. The minimum absolute atomic E-state index is 0.0277. The molecule has 1 saturated heterocycles. The van der Waals surface area contributed by atoms with Crippen LogP contribution < -0.4 is 15.4 Å². The highest BCUT2D eigenvalue weighted by atomic mass is 19.2. The normalized spacial score (nSPS) is 20.8. The van der Waals surface area contributed by atoms with E-state index in [0.29, 0.717) is 12.1 Å². The molecular weight excluding hydrogens is 310 g/mol. The molecule has 2 aromatic rings. The number of nitrogens with one attached hydrogen (secondary N) is 2. The number of para-hydroxylation sites is 1. The topological polar surface area (TPSA) is 33.3 Å². The van der Waals surface area contributed by atoms with E-state index in [-0.39, 0.29) is 12.1 Å². The van der Waals surface area contributed by atoms with Gasteiger partial charge in [0.1, 0.15) is 5.75 Å². The van der Waals surface area contributed by atoms with Crippen LogP contribution in [0, 0.1) is 11.6 Å². The molecule has 1 fully saturated rings. The molecule has 128 valence electrons. The van der Waals surface area contributed by atoms with Crippen LogP contribution in [0.3, 0.4) is 0 Å². The van der Waals surface area contributed by atoms with Crippen molar-refractivity contribution in [1.82, 2.24) is 10.6 Å². The van der Waals surface area contributed by atoms with E-state index in [0.717, 1.165) is 36.8 Å². The van der Waals surface area contributed by atoms with Crippen LogP contribution in [0.25, 0.3) is 0 Å². The van der Waals surface area contributed by atoms with Crippen LogP contribution in [0.2, 0.25) is 0 Å². The van der Waals surface area contributed by atoms with Gasteiger partial charge < -0.3 is 15.4 Å². The number of ether oxygens (including phenoxy) is 1. The number of piperidine rings is 1. The van der Waals surface area contributed by atoms with Gasteiger partial charge in [-0.25, -0.2) is 8.78 Å². The third-order valence-electron chi connectivity index (χ3n) is 4.52. The minimum Gasteiger partial charge on any atom is -0.496 e. The Bertz CT molecular complexity index is 693. The molecule has 2 aromatic carbocycles. The Morgan fingerprint density at radius 1 is 1.17 bits per heavy atom. The molecule has 2 N–H and O–H groups in total. The van der Waals surface area contributed by atoms with Gasteiger partial charge in [0.2, 0.25) is 0 Å². The molecule has 0 radical (unpaired) electrons. The van der Waals surface area contributed by atoms with Gasteiger partial charge in [-0.15, -0.1) is 0 Å². The molecule has 2 atom stereocenters. The fourth-order valence-corrected chi connectivity index (χ4v) is 3.29. The second-order valence-electron chi connectivity index (χ2n) is 6.02. The summed E-state index contributed by atoms with van der Waals surface area (Å²) in [5.41, 5.74) is 1.43. The maximum absolute atomic E-state index is 14.2. The van der Waals surface area contributed by atoms with Crippen LogP contribution in [0.4, 0.5) is 8.78 Å². The Kier molecular flexibility index (Phi) is 5.43. The molecule has 2 unspecified atom stereocenters. The zero-order chi connectivity index (χ0) is 16.9. The summed E-state index contributed by atoms with van der Waals surface area (Å²) in [5, 5.41) is 6.79. The van der Waals surface area contributed by atoms with Crippen LogP contribution in [-0.4, -0.2) is 19.7 Å². The van der Waals surface area contributed by atoms with Crippen LogP contribution in [0.1, 0.15) is 30.0 Å². The van der Waals surface area contributed by atoms with E-state index in [1.54, 1.807) is 19.2 Å². The molecule has 0 bridgehead atoms. The summed E-state index contributed by atoms with van der Waals surface area (Å²) in [7, 11) is 1.64. The van der Waals surface area contributed by atoms with Crippen LogP contribution in [-0.2, 0) is 6.54 Å². The maximum atomic E-state index is 14.2. The molecule has 1 heterocycles. The number of hydrogen-bond acceptors (Lipinski definition) is 3. The highest BCUT2D eigenvalue weighted by Crippen LogP contribution is 2.27. The van der Waals surface area contributed by atoms with Gasteiger partial charge >= 0.3 is 0 Å². The monoisotopic (exact) mass is 332 g/mol. The SMILES string of the molecule is COc1ccccc1CNC1CCCNC1c1cccc(F)c1F. The summed E-state index contributed by atoms with van der Waals surface area (Å²) in [6.45, 7) is 1.41. The third-order valence-corrected chi connectivity index (χ3v) is 4.52. The molecule has 24 heavy (non-hydrogen) atoms. The third kappa shape index (κ3) is 3.57. The maximum Gasteiger partial charge on any atom is 0.163 e. The van der Waals surface area contributed by atoms with Gasteiger partial charge in [-0.3, -0.25) is 0 Å². The summed E-state index contributed by atoms with van der Waals surface area (Å²) in [6.07, 6.45) is 1.90. The summed E-state index contributed by atoms with van der Waals surface area (Å²) < 4.78 is 33.1. The van der Waals surface area contributed by atoms with E-state index < -0.39 is 11.6 Å². The first-order valence-electron chi connectivity index (χ1n) is 8.23. The van der Waals surface area contributed by atoms with E-state index in [9.17, 15) is 8.78 Å². The van der Waals surface area contributed by atoms with Crippen molar-refractivity contribution in [2.24, 2.45) is 0 Å². The van der Waals surface area contributed by atoms with Crippen molar-refractivity contribution in [3.63, 3.8) is 0 Å². The average molecular weight is 332 g/mol. The molecule has 3 rings (SSSR count). The lowest BCUT2D eigenvalue weighted by molar-refractivity contribution is 0.294. The quantitative estimate of drug-likeness (QED) is 0.878. The van der Waals surface area contributed by atoms with Gasteiger partial charge in [-0.2, -0.15) is 0 Å². The van der Waals surface area contributed by atoms with Gasteiger partial charge in [0.05, 0.1) is 13.2 Å². The molecule has 0 amide bonds. The number of halogens is 2. The second-order valence-corrected chi connectivity index (χ2v) is 6.02. The van der Waals surface area contributed by atoms with Crippen LogP contribution in [0.15, 0.2) is 42.5 Å². The first kappa shape index (κ1) is 16.9. The van der Waals surface area contributed by atoms with Crippen molar-refractivity contribution in [2.75, 3.05) is 13.7 Å². The van der Waals surface area contributed by atoms with Crippen LogP contribution in [0.5, 0.6) is 5.75 Å². The molecule has 5 heteroatoms. The predicted octanol–water partition coefficient (Wildman–Crippen LogP) is 3.56. The molecule has 1 aliphatic rings. The van der Waals surface area contributed by atoms with Crippen molar-refractivity contribution in [3.8, 4) is 5.75 Å². The lowest BCUT2D eigenvalue weighted by Crippen LogP contribution is -2.46. The number of methoxy groups -OCH3 is 1. The molecular formula is C19H22F2N2O. The van der Waals surface area contributed by atoms with Gasteiger partial charge in [-0.1, -0.05) is 30.3 Å². The zero-order valence-corrected chi connectivity index (χ0v) is 13.7. The minimum atomic E-state index is -0.802. The van der Waals surface area contributed by atoms with Gasteiger partial charge in [-0.05, 0) is 31.5 Å². The van der Waals surface area contributed by atoms with Gasteiger partial charge in [0.25, 0.3) is 0 Å². The van der Waals surface area contributed by atoms with Crippen molar-refractivity contribution in [2.45, 2.75) is 31.5 Å². The van der Waals surface area contributed by atoms with Crippen molar-refractivity contribution in [1.29, 1.82) is 0 Å². The van der Waals surface area contributed by atoms with E-state index >= 15 is 0 Å². The van der Waals surface area contributed by atoms with Crippen molar-refractivity contribution in [3.05, 3.63) is 65.2 Å². The standard InChI is InChI=1S/C19H22F2N2O/c1-24-17-10-3-2-6-13(17)12-23-16-9-5-11-22-19(16)14-7-4-8-15(20)18(14)21/h2-4,6-8,10,16,19,22-23H,5,9,11-12H2,1H3. The molecule has 1 aliphatic heterocycles. The highest BCUT2D eigenvalue weighted by molar-refractivity contribution is 5.33. The average Bonchev–Trinajstić information content (AvgIpc) is 2.63. The highest BCUT2D eigenvalue weighted by Gasteiger charge is 2.28. The molecule has 0 aromatic heterocycles. The largest absolute Gasteiger partial charge is 0.496 e. The first-order valence-corrected chi connectivity index (χ1v) is 8.23. The summed E-state index contributed by atoms with van der Waals surface area (Å²) in [5.74, 6) is -0.744. The van der Waals surface area contributed by atoms with E-state index in [2.05, 4.69) is 10.6 Å². The Balaban J connectivity index is 1.76. The predicted molar refractivity (Wildman–Crippen MR) is 90.0 cm³/mol. The lowest BCUT2D eigenvalue weighted by Gasteiger charge is -2.34. The Morgan fingerprint density at radius 3 is 2.83 bits per heavy atom. The summed E-state index contributed by atoms with van der Waals surface area (Å²) >= 11 is 0. The molecule has 3 nitrogen and oxygen atoms in total. The number of benzene rings is 2. The molecule has 0 saturated carbocycles. The number of hydrogen-bond donors (Lipinski definition) is 2. The summed E-state index contributed by atoms with van der Waals surface area (Å²) in [4.78, 5) is 0. The second kappa shape index (κ2) is 7.73. The smallest absolute Gasteiger partial charge is 0.163 e. The Morgan fingerprint density at radius 2 is 2.00 bits per heavy atom. The van der Waals surface area contributed by atoms with Crippen molar-refractivity contribution < 1.29 is 13.5 Å². The summed E-state index contributed by atoms with van der Waals surface area (Å²) in [6, 6.07) is 11.9. The number of rotatable bonds is 5.